The Balaban J connectivity index is 2.20. The first kappa shape index (κ1) is 16.8. The smallest absolute Gasteiger partial charge is 0.305 e. The number of hydrogen-bond donors (Lipinski definition) is 0. The highest BCUT2D eigenvalue weighted by atomic mass is 35.5. The molecule has 0 fully saturated rings. The summed E-state index contributed by atoms with van der Waals surface area (Å²) in [7, 11) is 0. The van der Waals surface area contributed by atoms with Gasteiger partial charge in [-0.3, -0.25) is 19.6 Å². The molecule has 0 aliphatic carbocycles. The predicted octanol–water partition coefficient (Wildman–Crippen LogP) is 2.74. The van der Waals surface area contributed by atoms with Gasteiger partial charge in [0.05, 0.1) is 11.5 Å². The quantitative estimate of drug-likeness (QED) is 0.596. The lowest BCUT2D eigenvalue weighted by Crippen LogP contribution is -2.37. The summed E-state index contributed by atoms with van der Waals surface area (Å²) in [5.41, 5.74) is -0.0783. The van der Waals surface area contributed by atoms with Crippen LogP contribution in [0.5, 0.6) is 0 Å². The van der Waals surface area contributed by atoms with E-state index in [0.29, 0.717) is 5.02 Å². The van der Waals surface area contributed by atoms with E-state index < -0.39 is 30.3 Å². The molecule has 1 amide bonds. The van der Waals surface area contributed by atoms with Gasteiger partial charge in [-0.25, -0.2) is 8.78 Å². The number of carbonyl (C=O) groups excluding carboxylic acids is 1. The van der Waals surface area contributed by atoms with Gasteiger partial charge in [0.1, 0.15) is 18.9 Å². The Kier molecular flexibility index (Phi) is 5.22. The van der Waals surface area contributed by atoms with Crippen LogP contribution in [-0.4, -0.2) is 33.6 Å². The molecule has 0 radical (unpaired) electrons. The van der Waals surface area contributed by atoms with E-state index in [4.69, 9.17) is 11.6 Å². The van der Waals surface area contributed by atoms with Crippen molar-refractivity contribution in [1.29, 1.82) is 0 Å². The van der Waals surface area contributed by atoms with Crippen LogP contribution in [0.15, 0.2) is 36.7 Å². The molecule has 0 aliphatic rings. The van der Waals surface area contributed by atoms with Crippen LogP contribution in [0.1, 0.15) is 0 Å². The second-order valence-corrected chi connectivity index (χ2v) is 4.96. The Labute approximate surface area is 134 Å². The number of aromatic nitrogens is 2. The van der Waals surface area contributed by atoms with Gasteiger partial charge in [-0.05, 0) is 18.2 Å². The average Bonchev–Trinajstić information content (AvgIpc) is 2.93. The van der Waals surface area contributed by atoms with Gasteiger partial charge in [0.2, 0.25) is 5.91 Å². The van der Waals surface area contributed by atoms with Crippen LogP contribution in [0.25, 0.3) is 0 Å². The van der Waals surface area contributed by atoms with Gasteiger partial charge >= 0.3 is 5.69 Å². The molecule has 2 rings (SSSR count). The number of benzene rings is 1. The van der Waals surface area contributed by atoms with Gasteiger partial charge in [-0.2, -0.15) is 5.10 Å². The fraction of sp³-hybridized carbons (Fsp3) is 0.231. The maximum Gasteiger partial charge on any atom is 0.307 e. The Morgan fingerprint density at radius 3 is 2.78 bits per heavy atom. The molecule has 0 unspecified atom stereocenters. The van der Waals surface area contributed by atoms with Crippen molar-refractivity contribution in [2.75, 3.05) is 11.4 Å². The molecule has 23 heavy (non-hydrogen) atoms. The summed E-state index contributed by atoms with van der Waals surface area (Å²) in [6.45, 7) is -1.23. The van der Waals surface area contributed by atoms with Gasteiger partial charge < -0.3 is 4.90 Å². The average molecular weight is 345 g/mol. The van der Waals surface area contributed by atoms with Crippen LogP contribution in [0.3, 0.4) is 0 Å². The fourth-order valence-corrected chi connectivity index (χ4v) is 2.08. The fourth-order valence-electron chi connectivity index (χ4n) is 1.89. The minimum absolute atomic E-state index is 0.212. The number of amides is 1. The summed E-state index contributed by atoms with van der Waals surface area (Å²) < 4.78 is 26.5. The second kappa shape index (κ2) is 7.14. The van der Waals surface area contributed by atoms with Crippen LogP contribution in [0.2, 0.25) is 5.02 Å². The summed E-state index contributed by atoms with van der Waals surface area (Å²) in [5, 5.41) is 14.5. The van der Waals surface area contributed by atoms with Crippen molar-refractivity contribution in [3.8, 4) is 0 Å². The van der Waals surface area contributed by atoms with Crippen LogP contribution >= 0.6 is 11.6 Å². The number of hydrogen-bond acceptors (Lipinski definition) is 4. The maximum atomic E-state index is 12.7. The Morgan fingerprint density at radius 2 is 2.22 bits per heavy atom. The molecule has 10 heteroatoms. The number of carbonyl (C=O) groups is 1. The lowest BCUT2D eigenvalue weighted by molar-refractivity contribution is -0.385. The molecule has 0 bridgehead atoms. The van der Waals surface area contributed by atoms with Crippen LogP contribution < -0.4 is 4.90 Å². The molecular weight excluding hydrogens is 334 g/mol. The van der Waals surface area contributed by atoms with E-state index in [1.54, 1.807) is 6.07 Å². The third-order valence-electron chi connectivity index (χ3n) is 2.87. The molecule has 0 spiro atoms. The van der Waals surface area contributed by atoms with Crippen LogP contribution in [0, 0.1) is 10.1 Å². The predicted molar refractivity (Wildman–Crippen MR) is 78.7 cm³/mol. The lowest BCUT2D eigenvalue weighted by Gasteiger charge is -2.22. The number of nitrogens with zero attached hydrogens (tertiary/aromatic N) is 4. The molecule has 1 heterocycles. The normalized spacial score (nSPS) is 10.8. The minimum atomic E-state index is -2.75. The van der Waals surface area contributed by atoms with Crippen LogP contribution in [-0.2, 0) is 11.3 Å². The third-order valence-corrected chi connectivity index (χ3v) is 3.10. The Hall–Kier alpha value is -2.55. The van der Waals surface area contributed by atoms with Crippen molar-refractivity contribution in [2.45, 2.75) is 13.0 Å². The summed E-state index contributed by atoms with van der Waals surface area (Å²) in [4.78, 5) is 23.0. The van der Waals surface area contributed by atoms with Crippen molar-refractivity contribution in [3.63, 3.8) is 0 Å². The number of nitro groups is 1. The molecule has 1 aromatic heterocycles. The number of alkyl halides is 2. The first-order valence-corrected chi connectivity index (χ1v) is 6.75. The van der Waals surface area contributed by atoms with Gasteiger partial charge in [-0.15, -0.1) is 0 Å². The molecule has 0 N–H and O–H groups in total. The second-order valence-electron chi connectivity index (χ2n) is 4.53. The van der Waals surface area contributed by atoms with Crippen molar-refractivity contribution >= 4 is 28.9 Å². The first-order valence-electron chi connectivity index (χ1n) is 6.37. The van der Waals surface area contributed by atoms with Gasteiger partial charge in [0, 0.05) is 10.7 Å². The lowest BCUT2D eigenvalue weighted by atomic mass is 10.2. The molecule has 0 aliphatic heterocycles. The van der Waals surface area contributed by atoms with Crippen molar-refractivity contribution in [2.24, 2.45) is 0 Å². The zero-order valence-electron chi connectivity index (χ0n) is 11.6. The summed E-state index contributed by atoms with van der Waals surface area (Å²) in [6, 6.07) is 5.93. The van der Waals surface area contributed by atoms with E-state index in [1.165, 1.54) is 18.2 Å². The van der Waals surface area contributed by atoms with E-state index >= 15 is 0 Å². The van der Waals surface area contributed by atoms with Gasteiger partial charge in [-0.1, -0.05) is 17.7 Å². The van der Waals surface area contributed by atoms with E-state index in [-0.39, 0.29) is 11.4 Å². The van der Waals surface area contributed by atoms with Gasteiger partial charge in [0.25, 0.3) is 6.43 Å². The number of rotatable bonds is 6. The maximum absolute atomic E-state index is 12.7. The Bertz CT molecular complexity index is 723. The number of anilines is 1. The largest absolute Gasteiger partial charge is 0.307 e. The molecule has 7 nitrogen and oxygen atoms in total. The topological polar surface area (TPSA) is 81.3 Å². The summed E-state index contributed by atoms with van der Waals surface area (Å²) >= 11 is 5.81. The minimum Gasteiger partial charge on any atom is -0.305 e. The van der Waals surface area contributed by atoms with Crippen molar-refractivity contribution in [3.05, 3.63) is 51.8 Å². The molecule has 122 valence electrons. The number of halogens is 3. The molecular formula is C13H11ClF2N4O3. The zero-order chi connectivity index (χ0) is 17.0. The van der Waals surface area contributed by atoms with Crippen molar-refractivity contribution < 1.29 is 18.5 Å². The highest BCUT2D eigenvalue weighted by molar-refractivity contribution is 6.30. The standard InChI is InChI=1S/C13H11ClF2N4O3/c14-9-2-1-3-10(4-9)19(7-12(15)16)13(21)8-18-6-11(5-17-18)20(22)23/h1-6,12H,7-8H2. The third kappa shape index (κ3) is 4.46. The van der Waals surface area contributed by atoms with Crippen LogP contribution in [0.4, 0.5) is 20.2 Å². The van der Waals surface area contributed by atoms with E-state index in [2.05, 4.69) is 5.10 Å². The summed E-state index contributed by atoms with van der Waals surface area (Å²) in [6.07, 6.45) is -0.717. The van der Waals surface area contributed by atoms with E-state index in [1.807, 2.05) is 0 Å². The van der Waals surface area contributed by atoms with E-state index in [0.717, 1.165) is 22.0 Å². The molecule has 0 saturated carbocycles. The monoisotopic (exact) mass is 344 g/mol. The zero-order valence-corrected chi connectivity index (χ0v) is 12.4. The van der Waals surface area contributed by atoms with Gasteiger partial charge in [0.15, 0.2) is 0 Å². The molecule has 0 saturated heterocycles. The SMILES string of the molecule is O=C(Cn1cc([N+](=O)[O-])cn1)N(CC(F)F)c1cccc(Cl)c1. The Morgan fingerprint density at radius 1 is 1.48 bits per heavy atom. The highest BCUT2D eigenvalue weighted by Crippen LogP contribution is 2.21. The van der Waals surface area contributed by atoms with Crippen molar-refractivity contribution in [1.82, 2.24) is 9.78 Å². The molecule has 1 aromatic carbocycles. The summed E-state index contributed by atoms with van der Waals surface area (Å²) in [5.74, 6) is -0.689. The molecule has 2 aromatic rings. The first-order chi connectivity index (χ1) is 10.9. The van der Waals surface area contributed by atoms with E-state index in [9.17, 15) is 23.7 Å². The highest BCUT2D eigenvalue weighted by Gasteiger charge is 2.21. The molecule has 0 atom stereocenters.